The Hall–Kier alpha value is -3.14. The van der Waals surface area contributed by atoms with Gasteiger partial charge in [-0.25, -0.2) is 9.97 Å². The zero-order chi connectivity index (χ0) is 23.3. The van der Waals surface area contributed by atoms with Crippen molar-refractivity contribution in [3.05, 3.63) is 35.9 Å². The van der Waals surface area contributed by atoms with E-state index in [-0.39, 0.29) is 11.8 Å². The lowest BCUT2D eigenvalue weighted by molar-refractivity contribution is 0.0515. The van der Waals surface area contributed by atoms with Crippen molar-refractivity contribution >= 4 is 28.9 Å². The molecule has 9 nitrogen and oxygen atoms in total. The molecule has 0 bridgehead atoms. The topological polar surface area (TPSA) is 102 Å². The van der Waals surface area contributed by atoms with Crippen LogP contribution in [0.5, 0.6) is 5.75 Å². The maximum atomic E-state index is 9.98. The van der Waals surface area contributed by atoms with Crippen molar-refractivity contribution in [1.29, 1.82) is 0 Å². The highest BCUT2D eigenvalue weighted by Crippen LogP contribution is 2.39. The summed E-state index contributed by atoms with van der Waals surface area (Å²) in [7, 11) is 0. The van der Waals surface area contributed by atoms with Crippen molar-refractivity contribution in [3.8, 4) is 17.1 Å². The molecule has 2 N–H and O–H groups in total. The van der Waals surface area contributed by atoms with E-state index in [0.29, 0.717) is 56.9 Å². The van der Waals surface area contributed by atoms with Crippen molar-refractivity contribution in [2.45, 2.75) is 19.4 Å². The predicted octanol–water partition coefficient (Wildman–Crippen LogP) is 3.68. The fourth-order valence-corrected chi connectivity index (χ4v) is 4.18. The molecule has 2 aliphatic rings. The van der Waals surface area contributed by atoms with E-state index in [1.54, 1.807) is 18.2 Å². The summed E-state index contributed by atoms with van der Waals surface area (Å²) in [6.45, 7) is 7.23. The third-order valence-corrected chi connectivity index (χ3v) is 5.93. The lowest BCUT2D eigenvalue weighted by Crippen LogP contribution is -2.37. The summed E-state index contributed by atoms with van der Waals surface area (Å²) >= 11 is 0. The van der Waals surface area contributed by atoms with Crippen LogP contribution in [0.2, 0.25) is 0 Å². The molecule has 2 aliphatic heterocycles. The normalized spacial score (nSPS) is 17.7. The monoisotopic (exact) mass is 466 g/mol. The molecule has 9 heteroatoms. The summed E-state index contributed by atoms with van der Waals surface area (Å²) in [5, 5.41) is 13.5. The lowest BCUT2D eigenvalue weighted by Gasteiger charge is -2.27. The Morgan fingerprint density at radius 1 is 1.15 bits per heavy atom. The summed E-state index contributed by atoms with van der Waals surface area (Å²) in [5.41, 5.74) is 3.06. The number of morpholine rings is 1. The number of fused-ring (bicyclic) bond motifs is 3. The van der Waals surface area contributed by atoms with Gasteiger partial charge >= 0.3 is 0 Å². The predicted molar refractivity (Wildman–Crippen MR) is 130 cm³/mol. The number of rotatable bonds is 9. The number of ether oxygens (including phenoxy) is 3. The van der Waals surface area contributed by atoms with E-state index in [1.165, 1.54) is 0 Å². The maximum absolute atomic E-state index is 9.98. The third kappa shape index (κ3) is 4.86. The van der Waals surface area contributed by atoms with Crippen molar-refractivity contribution in [2.75, 3.05) is 62.9 Å². The molecule has 0 aliphatic carbocycles. The van der Waals surface area contributed by atoms with Gasteiger partial charge in [-0.2, -0.15) is 0 Å². The highest BCUT2D eigenvalue weighted by atomic mass is 16.5. The zero-order valence-electron chi connectivity index (χ0n) is 19.3. The molecule has 1 aromatic carbocycles. The summed E-state index contributed by atoms with van der Waals surface area (Å²) in [5.74, 6) is 2.16. The second-order valence-corrected chi connectivity index (χ2v) is 8.25. The van der Waals surface area contributed by atoms with Gasteiger partial charge in [-0.3, -0.25) is 0 Å². The van der Waals surface area contributed by atoms with Gasteiger partial charge < -0.3 is 34.0 Å². The van der Waals surface area contributed by atoms with Crippen LogP contribution in [0, 0.1) is 0 Å². The summed E-state index contributed by atoms with van der Waals surface area (Å²) < 4.78 is 22.8. The van der Waals surface area contributed by atoms with E-state index in [2.05, 4.69) is 22.4 Å². The molecule has 3 aromatic rings. The third-order valence-electron chi connectivity index (χ3n) is 5.93. The van der Waals surface area contributed by atoms with Crippen LogP contribution in [0.25, 0.3) is 28.6 Å². The Kier molecular flexibility index (Phi) is 6.94. The van der Waals surface area contributed by atoms with Gasteiger partial charge in [-0.15, -0.1) is 0 Å². The standard InChI is InChI=1S/C25H30N4O5/c1-2-31-14-15-32-11-8-18-6-7-20-21-22(34-25(20)26-18)24(29-9-12-33-13-10-29)28-23(27-21)17-4-3-5-19(30)16-17/h3-7,16,18,26,30H,2,8-15H2,1H3. The van der Waals surface area contributed by atoms with Gasteiger partial charge in [-0.1, -0.05) is 18.2 Å². The molecule has 0 saturated carbocycles. The fourth-order valence-electron chi connectivity index (χ4n) is 4.18. The molecule has 2 aromatic heterocycles. The summed E-state index contributed by atoms with van der Waals surface area (Å²) in [6.07, 6.45) is 4.99. The second kappa shape index (κ2) is 10.4. The van der Waals surface area contributed by atoms with Gasteiger partial charge in [0, 0.05) is 37.9 Å². The van der Waals surface area contributed by atoms with Gasteiger partial charge in [0.1, 0.15) is 11.3 Å². The number of aromatic nitrogens is 2. The van der Waals surface area contributed by atoms with E-state index in [9.17, 15) is 5.11 Å². The first kappa shape index (κ1) is 22.6. The summed E-state index contributed by atoms with van der Waals surface area (Å²) in [4.78, 5) is 11.9. The molecule has 4 heterocycles. The Morgan fingerprint density at radius 2 is 2.00 bits per heavy atom. The largest absolute Gasteiger partial charge is 0.508 e. The number of nitrogens with one attached hydrogen (secondary N) is 1. The summed E-state index contributed by atoms with van der Waals surface area (Å²) in [6, 6.07) is 7.10. The molecule has 1 fully saturated rings. The number of phenolic OH excluding ortho intramolecular Hbond substituents is 1. The van der Waals surface area contributed by atoms with E-state index in [0.717, 1.165) is 42.0 Å². The van der Waals surface area contributed by atoms with Crippen molar-refractivity contribution in [2.24, 2.45) is 0 Å². The number of phenols is 1. The Bertz CT molecular complexity index is 1160. The molecular formula is C25H30N4O5. The molecule has 180 valence electrons. The average molecular weight is 467 g/mol. The van der Waals surface area contributed by atoms with Crippen LogP contribution in [-0.2, 0) is 14.2 Å². The molecule has 0 amide bonds. The molecule has 1 saturated heterocycles. The number of aromatic hydroxyl groups is 1. The highest BCUT2D eigenvalue weighted by Gasteiger charge is 2.26. The van der Waals surface area contributed by atoms with E-state index < -0.39 is 0 Å². The Morgan fingerprint density at radius 3 is 2.82 bits per heavy atom. The van der Waals surface area contributed by atoms with Gasteiger partial charge in [0.05, 0.1) is 32.0 Å². The Balaban J connectivity index is 1.43. The van der Waals surface area contributed by atoms with Gasteiger partial charge in [0.15, 0.2) is 17.2 Å². The minimum Gasteiger partial charge on any atom is -0.508 e. The molecule has 0 spiro atoms. The first-order valence-electron chi connectivity index (χ1n) is 11.8. The lowest BCUT2D eigenvalue weighted by atomic mass is 10.1. The van der Waals surface area contributed by atoms with Crippen molar-refractivity contribution in [1.82, 2.24) is 9.97 Å². The SMILES string of the molecule is CCOCCOCCC1C=Cc2c(oc3c(N4CCOCC4)nc(-c4cccc(O)c4)nc23)N1. The van der Waals surface area contributed by atoms with Crippen LogP contribution in [0.4, 0.5) is 11.7 Å². The van der Waals surface area contributed by atoms with Crippen LogP contribution in [0.15, 0.2) is 34.8 Å². The number of benzene rings is 1. The Labute approximate surface area is 198 Å². The molecule has 34 heavy (non-hydrogen) atoms. The molecule has 1 atom stereocenters. The quantitative estimate of drug-likeness (QED) is 0.457. The van der Waals surface area contributed by atoms with Gasteiger partial charge in [0.2, 0.25) is 5.88 Å². The zero-order valence-corrected chi connectivity index (χ0v) is 19.3. The van der Waals surface area contributed by atoms with E-state index >= 15 is 0 Å². The molecular weight excluding hydrogens is 436 g/mol. The second-order valence-electron chi connectivity index (χ2n) is 8.25. The van der Waals surface area contributed by atoms with Crippen LogP contribution in [0.3, 0.4) is 0 Å². The molecule has 0 radical (unpaired) electrons. The molecule has 5 rings (SSSR count). The maximum Gasteiger partial charge on any atom is 0.203 e. The minimum absolute atomic E-state index is 0.102. The van der Waals surface area contributed by atoms with Crippen LogP contribution >= 0.6 is 0 Å². The smallest absolute Gasteiger partial charge is 0.203 e. The van der Waals surface area contributed by atoms with Crippen molar-refractivity contribution in [3.63, 3.8) is 0 Å². The number of anilines is 2. The van der Waals surface area contributed by atoms with Crippen LogP contribution < -0.4 is 10.2 Å². The fraction of sp³-hybridized carbons (Fsp3) is 0.440. The number of nitrogens with zero attached hydrogens (tertiary/aromatic N) is 3. The first-order chi connectivity index (χ1) is 16.7. The number of furan rings is 1. The number of hydrogen-bond acceptors (Lipinski definition) is 9. The first-order valence-corrected chi connectivity index (χ1v) is 11.8. The van der Waals surface area contributed by atoms with Gasteiger partial charge in [-0.05, 0) is 31.6 Å². The average Bonchev–Trinajstić information content (AvgIpc) is 3.24. The van der Waals surface area contributed by atoms with Crippen molar-refractivity contribution < 1.29 is 23.7 Å². The van der Waals surface area contributed by atoms with Crippen LogP contribution in [-0.4, -0.2) is 73.8 Å². The highest BCUT2D eigenvalue weighted by molar-refractivity contribution is 5.97. The molecule has 1 unspecified atom stereocenters. The number of hydrogen-bond donors (Lipinski definition) is 2. The van der Waals surface area contributed by atoms with Gasteiger partial charge in [0.25, 0.3) is 0 Å². The van der Waals surface area contributed by atoms with Crippen LogP contribution in [0.1, 0.15) is 18.9 Å². The minimum atomic E-state index is 0.102. The van der Waals surface area contributed by atoms with E-state index in [1.807, 2.05) is 13.0 Å². The van der Waals surface area contributed by atoms with E-state index in [4.69, 9.17) is 28.6 Å².